The Morgan fingerprint density at radius 2 is 0.618 bits per heavy atom. The summed E-state index contributed by atoms with van der Waals surface area (Å²) < 4.78 is 12.5. The molecule has 0 rings (SSSR count). The van der Waals surface area contributed by atoms with Gasteiger partial charge in [0.05, 0.1) is 7.14 Å². The Labute approximate surface area is 214 Å². The van der Waals surface area contributed by atoms with Crippen molar-refractivity contribution in [2.24, 2.45) is 0 Å². The van der Waals surface area contributed by atoms with Gasteiger partial charge in [-0.15, -0.1) is 0 Å². The Kier molecular flexibility index (Phi) is 27.9. The molecule has 2 N–H and O–H groups in total. The van der Waals surface area contributed by atoms with Crippen LogP contribution in [0.3, 0.4) is 0 Å². The molecule has 0 spiro atoms. The minimum absolute atomic E-state index is 0.0172. The standard InChI is InChI=1S/C30H63O3P/c1-2-3-4-5-6-7-8-9-10-11-12-13-14-15-16-17-18-19-20-21-22-23-24-25-28-34(33,29-26-31)30-27-32/h31-32H,2-30H2,1H3. The predicted octanol–water partition coefficient (Wildman–Crippen LogP) is 9.72. The van der Waals surface area contributed by atoms with E-state index in [-0.39, 0.29) is 13.2 Å². The van der Waals surface area contributed by atoms with E-state index in [1.165, 1.54) is 141 Å². The summed E-state index contributed by atoms with van der Waals surface area (Å²) in [5.41, 5.74) is 0. The van der Waals surface area contributed by atoms with E-state index in [2.05, 4.69) is 6.92 Å². The first-order valence-corrected chi connectivity index (χ1v) is 17.7. The highest BCUT2D eigenvalue weighted by Gasteiger charge is 2.19. The second-order valence-corrected chi connectivity index (χ2v) is 14.3. The zero-order valence-electron chi connectivity index (χ0n) is 23.3. The molecule has 0 aliphatic rings. The first-order chi connectivity index (χ1) is 16.7. The van der Waals surface area contributed by atoms with Gasteiger partial charge in [-0.25, -0.2) is 0 Å². The Bertz CT molecular complexity index is 417. The highest BCUT2D eigenvalue weighted by atomic mass is 31.2. The number of aliphatic hydroxyl groups excluding tert-OH is 2. The van der Waals surface area contributed by atoms with Crippen molar-refractivity contribution in [3.8, 4) is 0 Å². The van der Waals surface area contributed by atoms with Crippen LogP contribution in [-0.2, 0) is 4.57 Å². The average molecular weight is 503 g/mol. The quantitative estimate of drug-likeness (QED) is 0.0790. The number of unbranched alkanes of at least 4 members (excludes halogenated alkanes) is 23. The van der Waals surface area contributed by atoms with Crippen LogP contribution in [-0.4, -0.2) is 41.9 Å². The lowest BCUT2D eigenvalue weighted by Crippen LogP contribution is -2.06. The van der Waals surface area contributed by atoms with Gasteiger partial charge >= 0.3 is 0 Å². The molecule has 0 fully saturated rings. The molecule has 0 radical (unpaired) electrons. The maximum absolute atomic E-state index is 12.5. The van der Waals surface area contributed by atoms with Gasteiger partial charge in [0.25, 0.3) is 0 Å². The van der Waals surface area contributed by atoms with E-state index in [4.69, 9.17) is 10.2 Å². The second kappa shape index (κ2) is 27.7. The Balaban J connectivity index is 3.18. The van der Waals surface area contributed by atoms with Gasteiger partial charge in [-0.05, 0) is 6.42 Å². The van der Waals surface area contributed by atoms with Crippen molar-refractivity contribution < 1.29 is 14.8 Å². The summed E-state index contributed by atoms with van der Waals surface area (Å²) in [5, 5.41) is 18.1. The molecule has 0 saturated heterocycles. The lowest BCUT2D eigenvalue weighted by Gasteiger charge is -2.15. The summed E-state index contributed by atoms with van der Waals surface area (Å²) in [5.74, 6) is 0. The number of rotatable bonds is 29. The molecule has 3 nitrogen and oxygen atoms in total. The number of hydrogen-bond donors (Lipinski definition) is 2. The topological polar surface area (TPSA) is 57.5 Å². The first kappa shape index (κ1) is 34.1. The van der Waals surface area contributed by atoms with Crippen molar-refractivity contribution in [3.63, 3.8) is 0 Å². The molecule has 0 aromatic rings. The van der Waals surface area contributed by atoms with Crippen molar-refractivity contribution in [2.45, 2.75) is 161 Å². The first-order valence-electron chi connectivity index (χ1n) is 15.5. The van der Waals surface area contributed by atoms with E-state index < -0.39 is 7.14 Å². The molecule has 0 unspecified atom stereocenters. The molecule has 0 heterocycles. The monoisotopic (exact) mass is 502 g/mol. The summed E-state index contributed by atoms with van der Waals surface area (Å²) in [6.07, 6.45) is 34.7. The molecule has 34 heavy (non-hydrogen) atoms. The zero-order chi connectivity index (χ0) is 25.0. The molecule has 0 aromatic carbocycles. The van der Waals surface area contributed by atoms with E-state index in [1.54, 1.807) is 0 Å². The van der Waals surface area contributed by atoms with Gasteiger partial charge in [0.1, 0.15) is 0 Å². The number of hydrogen-bond acceptors (Lipinski definition) is 3. The summed E-state index contributed by atoms with van der Waals surface area (Å²) in [4.78, 5) is 0. The SMILES string of the molecule is CCCCCCCCCCCCCCCCCCCCCCCCCCP(=O)(CCO)CCO. The Morgan fingerprint density at radius 3 is 0.853 bits per heavy atom. The van der Waals surface area contributed by atoms with Gasteiger partial charge in [0.15, 0.2) is 0 Å². The minimum atomic E-state index is -2.32. The van der Waals surface area contributed by atoms with Gasteiger partial charge in [0, 0.05) is 31.7 Å². The molecule has 0 aromatic heterocycles. The second-order valence-electron chi connectivity index (χ2n) is 10.8. The van der Waals surface area contributed by atoms with Crippen molar-refractivity contribution in [2.75, 3.05) is 31.7 Å². The highest BCUT2D eigenvalue weighted by molar-refractivity contribution is 7.63. The van der Waals surface area contributed by atoms with Crippen molar-refractivity contribution in [3.05, 3.63) is 0 Å². The minimum Gasteiger partial charge on any atom is -0.396 e. The summed E-state index contributed by atoms with van der Waals surface area (Å²) >= 11 is 0. The van der Waals surface area contributed by atoms with Crippen LogP contribution in [0.2, 0.25) is 0 Å². The summed E-state index contributed by atoms with van der Waals surface area (Å²) in [7, 11) is -2.32. The molecular formula is C30H63O3P. The maximum atomic E-state index is 12.5. The third-order valence-corrected chi connectivity index (χ3v) is 10.6. The van der Waals surface area contributed by atoms with Crippen LogP contribution >= 0.6 is 7.14 Å². The average Bonchev–Trinajstić information content (AvgIpc) is 2.82. The van der Waals surface area contributed by atoms with Crippen LogP contribution in [0.1, 0.15) is 161 Å². The van der Waals surface area contributed by atoms with Crippen LogP contribution in [0, 0.1) is 0 Å². The molecule has 0 atom stereocenters. The summed E-state index contributed by atoms with van der Waals surface area (Å²) in [6.45, 7) is 2.26. The predicted molar refractivity (Wildman–Crippen MR) is 153 cm³/mol. The van der Waals surface area contributed by atoms with Crippen molar-refractivity contribution >= 4 is 7.14 Å². The normalized spacial score (nSPS) is 12.0. The molecule has 0 bridgehead atoms. The van der Waals surface area contributed by atoms with E-state index >= 15 is 0 Å². The highest BCUT2D eigenvalue weighted by Crippen LogP contribution is 2.45. The largest absolute Gasteiger partial charge is 0.396 e. The van der Waals surface area contributed by atoms with Gasteiger partial charge in [-0.2, -0.15) is 0 Å². The lowest BCUT2D eigenvalue weighted by atomic mass is 10.0. The fourth-order valence-electron chi connectivity index (χ4n) is 5.06. The third-order valence-electron chi connectivity index (χ3n) is 7.43. The maximum Gasteiger partial charge on any atom is 0.0922 e. The van der Waals surface area contributed by atoms with E-state index in [0.29, 0.717) is 18.5 Å². The molecule has 0 aliphatic heterocycles. The molecule has 4 heteroatoms. The Hall–Kier alpha value is 0.150. The van der Waals surface area contributed by atoms with Crippen LogP contribution in [0.4, 0.5) is 0 Å². The van der Waals surface area contributed by atoms with Crippen LogP contribution in [0.5, 0.6) is 0 Å². The van der Waals surface area contributed by atoms with E-state index in [1.807, 2.05) is 0 Å². The van der Waals surface area contributed by atoms with Crippen LogP contribution < -0.4 is 0 Å². The summed E-state index contributed by atoms with van der Waals surface area (Å²) in [6, 6.07) is 0. The lowest BCUT2D eigenvalue weighted by molar-refractivity contribution is 0.311. The van der Waals surface area contributed by atoms with Gasteiger partial charge in [-0.1, -0.05) is 155 Å². The molecular weight excluding hydrogens is 439 g/mol. The van der Waals surface area contributed by atoms with Crippen molar-refractivity contribution in [1.82, 2.24) is 0 Å². The van der Waals surface area contributed by atoms with Gasteiger partial charge in [0.2, 0.25) is 0 Å². The van der Waals surface area contributed by atoms with E-state index in [0.717, 1.165) is 12.8 Å². The van der Waals surface area contributed by atoms with E-state index in [9.17, 15) is 4.57 Å². The smallest absolute Gasteiger partial charge is 0.0922 e. The molecule has 206 valence electrons. The number of aliphatic hydroxyl groups is 2. The van der Waals surface area contributed by atoms with Gasteiger partial charge < -0.3 is 14.8 Å². The fraction of sp³-hybridized carbons (Fsp3) is 1.00. The zero-order valence-corrected chi connectivity index (χ0v) is 24.2. The Morgan fingerprint density at radius 1 is 0.382 bits per heavy atom. The molecule has 0 amide bonds. The third kappa shape index (κ3) is 25.2. The van der Waals surface area contributed by atoms with Crippen LogP contribution in [0.15, 0.2) is 0 Å². The van der Waals surface area contributed by atoms with Gasteiger partial charge in [-0.3, -0.25) is 0 Å². The molecule has 0 saturated carbocycles. The fourth-order valence-corrected chi connectivity index (χ4v) is 7.26. The van der Waals surface area contributed by atoms with Crippen LogP contribution in [0.25, 0.3) is 0 Å². The molecule has 0 aliphatic carbocycles. The van der Waals surface area contributed by atoms with Crippen molar-refractivity contribution in [1.29, 1.82) is 0 Å².